The van der Waals surface area contributed by atoms with Crippen LogP contribution in [0.4, 0.5) is 0 Å². The molecule has 1 amide bonds. The molecule has 0 spiro atoms. The van der Waals surface area contributed by atoms with Crippen LogP contribution in [-0.2, 0) is 27.2 Å². The summed E-state index contributed by atoms with van der Waals surface area (Å²) in [4.78, 5) is 28.1. The van der Waals surface area contributed by atoms with Gasteiger partial charge >= 0.3 is 5.97 Å². The lowest BCUT2D eigenvalue weighted by molar-refractivity contribution is -0.148. The highest BCUT2D eigenvalue weighted by Crippen LogP contribution is 2.27. The Kier molecular flexibility index (Phi) is 8.19. The van der Waals surface area contributed by atoms with Gasteiger partial charge in [-0.3, -0.25) is 9.59 Å². The Morgan fingerprint density at radius 2 is 1.78 bits per heavy atom. The molecule has 0 fully saturated rings. The zero-order valence-corrected chi connectivity index (χ0v) is 18.0. The van der Waals surface area contributed by atoms with Crippen molar-refractivity contribution in [1.82, 2.24) is 15.5 Å². The van der Waals surface area contributed by atoms with Crippen molar-refractivity contribution in [3.8, 4) is 22.9 Å². The van der Waals surface area contributed by atoms with Gasteiger partial charge in [-0.05, 0) is 24.1 Å². The van der Waals surface area contributed by atoms with Gasteiger partial charge in [0.05, 0.1) is 20.6 Å². The Balaban J connectivity index is 1.34. The van der Waals surface area contributed by atoms with Crippen LogP contribution in [0.25, 0.3) is 11.4 Å². The minimum absolute atomic E-state index is 0.0370. The fourth-order valence-corrected chi connectivity index (χ4v) is 2.92. The maximum absolute atomic E-state index is 11.9. The monoisotopic (exact) mass is 439 g/mol. The summed E-state index contributed by atoms with van der Waals surface area (Å²) in [5, 5.41) is 6.62. The van der Waals surface area contributed by atoms with E-state index in [-0.39, 0.29) is 25.4 Å². The molecule has 9 heteroatoms. The number of methoxy groups -OCH3 is 2. The maximum atomic E-state index is 11.9. The summed E-state index contributed by atoms with van der Waals surface area (Å²) in [6, 6.07) is 14.9. The highest BCUT2D eigenvalue weighted by molar-refractivity contribution is 5.80. The van der Waals surface area contributed by atoms with Crippen LogP contribution in [0.3, 0.4) is 0 Å². The molecule has 1 N–H and O–H groups in total. The number of benzene rings is 2. The van der Waals surface area contributed by atoms with Crippen molar-refractivity contribution in [2.24, 2.45) is 0 Å². The minimum Gasteiger partial charge on any atom is -0.493 e. The molecule has 0 aliphatic carbocycles. The predicted molar refractivity (Wildman–Crippen MR) is 115 cm³/mol. The van der Waals surface area contributed by atoms with E-state index < -0.39 is 5.97 Å². The van der Waals surface area contributed by atoms with Gasteiger partial charge < -0.3 is 24.1 Å². The summed E-state index contributed by atoms with van der Waals surface area (Å²) in [7, 11) is 3.14. The summed E-state index contributed by atoms with van der Waals surface area (Å²) < 4.78 is 20.6. The van der Waals surface area contributed by atoms with E-state index in [1.807, 2.05) is 48.5 Å². The van der Waals surface area contributed by atoms with E-state index in [9.17, 15) is 9.59 Å². The summed E-state index contributed by atoms with van der Waals surface area (Å²) in [6.45, 7) is 0.0555. The maximum Gasteiger partial charge on any atom is 0.306 e. The number of hydrogen-bond donors (Lipinski definition) is 1. The highest BCUT2D eigenvalue weighted by Gasteiger charge is 2.12. The fraction of sp³-hybridized carbons (Fsp3) is 0.304. The van der Waals surface area contributed by atoms with Gasteiger partial charge in [0, 0.05) is 18.5 Å². The number of nitrogens with one attached hydrogen (secondary N) is 1. The largest absolute Gasteiger partial charge is 0.493 e. The number of carbonyl (C=O) groups is 2. The van der Waals surface area contributed by atoms with E-state index in [0.717, 1.165) is 11.1 Å². The Morgan fingerprint density at radius 3 is 2.53 bits per heavy atom. The van der Waals surface area contributed by atoms with E-state index in [2.05, 4.69) is 15.5 Å². The molecule has 0 aliphatic rings. The van der Waals surface area contributed by atoms with Crippen LogP contribution in [0, 0.1) is 0 Å². The normalized spacial score (nSPS) is 10.4. The van der Waals surface area contributed by atoms with Crippen LogP contribution in [0.2, 0.25) is 0 Å². The molecule has 168 valence electrons. The molecule has 0 saturated carbocycles. The van der Waals surface area contributed by atoms with Crippen LogP contribution in [0.1, 0.15) is 17.9 Å². The van der Waals surface area contributed by atoms with Gasteiger partial charge in [-0.1, -0.05) is 41.6 Å². The number of ether oxygens (including phenoxy) is 3. The molecular weight excluding hydrogens is 414 g/mol. The summed E-state index contributed by atoms with van der Waals surface area (Å²) in [6.07, 6.45) is 0.871. The first-order chi connectivity index (χ1) is 15.6. The number of esters is 1. The van der Waals surface area contributed by atoms with Gasteiger partial charge in [-0.25, -0.2) is 0 Å². The van der Waals surface area contributed by atoms with Crippen LogP contribution < -0.4 is 14.8 Å². The highest BCUT2D eigenvalue weighted by atomic mass is 16.5. The standard InChI is InChI=1S/C23H25N3O6/c1-29-18-9-8-16(14-19(18)30-2)12-13-24-20(27)15-31-22(28)11-10-21-25-23(26-32-21)17-6-4-3-5-7-17/h3-9,14H,10-13,15H2,1-2H3,(H,24,27). The lowest BCUT2D eigenvalue weighted by atomic mass is 10.1. The third kappa shape index (κ3) is 6.56. The average Bonchev–Trinajstić information content (AvgIpc) is 3.31. The zero-order valence-electron chi connectivity index (χ0n) is 18.0. The number of nitrogens with zero attached hydrogens (tertiary/aromatic N) is 2. The molecule has 0 saturated heterocycles. The topological polar surface area (TPSA) is 113 Å². The third-order valence-electron chi connectivity index (χ3n) is 4.59. The number of hydrogen-bond acceptors (Lipinski definition) is 8. The van der Waals surface area contributed by atoms with E-state index >= 15 is 0 Å². The molecule has 0 bridgehead atoms. The molecule has 3 rings (SSSR count). The van der Waals surface area contributed by atoms with Crippen LogP contribution in [0.5, 0.6) is 11.5 Å². The summed E-state index contributed by atoms with van der Waals surface area (Å²) in [5.74, 6) is 1.18. The molecule has 3 aromatic rings. The second-order valence-corrected chi connectivity index (χ2v) is 6.83. The number of amides is 1. The smallest absolute Gasteiger partial charge is 0.306 e. The van der Waals surface area contributed by atoms with Crippen molar-refractivity contribution in [3.05, 3.63) is 60.0 Å². The van der Waals surface area contributed by atoms with Gasteiger partial charge in [0.1, 0.15) is 0 Å². The van der Waals surface area contributed by atoms with Gasteiger partial charge in [0.25, 0.3) is 5.91 Å². The van der Waals surface area contributed by atoms with Crippen molar-refractivity contribution >= 4 is 11.9 Å². The van der Waals surface area contributed by atoms with Crippen LogP contribution >= 0.6 is 0 Å². The Labute approximate surface area is 185 Å². The molecule has 0 aliphatic heterocycles. The SMILES string of the molecule is COc1ccc(CCNC(=O)COC(=O)CCc2nc(-c3ccccc3)no2)cc1OC. The Hall–Kier alpha value is -3.88. The number of aryl methyl sites for hydroxylation is 1. The van der Waals surface area contributed by atoms with Crippen molar-refractivity contribution in [2.45, 2.75) is 19.3 Å². The summed E-state index contributed by atoms with van der Waals surface area (Å²) in [5.41, 5.74) is 1.81. The zero-order chi connectivity index (χ0) is 22.8. The third-order valence-corrected chi connectivity index (χ3v) is 4.59. The van der Waals surface area contributed by atoms with Crippen molar-refractivity contribution < 1.29 is 28.3 Å². The van der Waals surface area contributed by atoms with Crippen LogP contribution in [0.15, 0.2) is 53.1 Å². The van der Waals surface area contributed by atoms with E-state index in [1.54, 1.807) is 14.2 Å². The molecule has 1 aromatic heterocycles. The molecule has 1 heterocycles. The number of aromatic nitrogens is 2. The average molecular weight is 439 g/mol. The predicted octanol–water partition coefficient (Wildman–Crippen LogP) is 2.59. The quantitative estimate of drug-likeness (QED) is 0.454. The van der Waals surface area contributed by atoms with Gasteiger partial charge in [0.2, 0.25) is 11.7 Å². The lowest BCUT2D eigenvalue weighted by Gasteiger charge is -2.10. The molecule has 32 heavy (non-hydrogen) atoms. The molecule has 9 nitrogen and oxygen atoms in total. The second-order valence-electron chi connectivity index (χ2n) is 6.83. The first kappa shape index (κ1) is 22.8. The molecule has 0 unspecified atom stereocenters. The number of carbonyl (C=O) groups excluding carboxylic acids is 2. The van der Waals surface area contributed by atoms with Gasteiger partial charge in [-0.2, -0.15) is 4.98 Å². The molecular formula is C23H25N3O6. The van der Waals surface area contributed by atoms with E-state index in [1.165, 1.54) is 0 Å². The van der Waals surface area contributed by atoms with Gasteiger partial charge in [-0.15, -0.1) is 0 Å². The summed E-state index contributed by atoms with van der Waals surface area (Å²) >= 11 is 0. The fourth-order valence-electron chi connectivity index (χ4n) is 2.92. The Bertz CT molecular complexity index is 1040. The molecule has 0 atom stereocenters. The molecule has 0 radical (unpaired) electrons. The minimum atomic E-state index is -0.514. The van der Waals surface area contributed by atoms with E-state index in [0.29, 0.717) is 36.2 Å². The lowest BCUT2D eigenvalue weighted by Crippen LogP contribution is -2.30. The van der Waals surface area contributed by atoms with E-state index in [4.69, 9.17) is 18.7 Å². The van der Waals surface area contributed by atoms with Crippen LogP contribution in [-0.4, -0.2) is 49.4 Å². The first-order valence-corrected chi connectivity index (χ1v) is 10.1. The Morgan fingerprint density at radius 1 is 1.00 bits per heavy atom. The van der Waals surface area contributed by atoms with Crippen molar-refractivity contribution in [1.29, 1.82) is 0 Å². The van der Waals surface area contributed by atoms with Crippen molar-refractivity contribution in [2.75, 3.05) is 27.4 Å². The first-order valence-electron chi connectivity index (χ1n) is 10.1. The second kappa shape index (κ2) is 11.5. The molecule has 2 aromatic carbocycles. The number of rotatable bonds is 11. The van der Waals surface area contributed by atoms with Crippen molar-refractivity contribution in [3.63, 3.8) is 0 Å². The van der Waals surface area contributed by atoms with Gasteiger partial charge in [0.15, 0.2) is 18.1 Å².